The zero-order valence-corrected chi connectivity index (χ0v) is 14.1. The van der Waals surface area contributed by atoms with Crippen LogP contribution in [0.3, 0.4) is 0 Å². The van der Waals surface area contributed by atoms with Crippen molar-refractivity contribution in [2.75, 3.05) is 5.32 Å². The molecule has 142 valence electrons. The van der Waals surface area contributed by atoms with Crippen LogP contribution >= 0.6 is 0 Å². The minimum atomic E-state index is -5.08. The largest absolute Gasteiger partial charge is 0.490 e. The lowest BCUT2D eigenvalue weighted by Gasteiger charge is -2.06. The van der Waals surface area contributed by atoms with E-state index < -0.39 is 12.1 Å². The van der Waals surface area contributed by atoms with Crippen molar-refractivity contribution in [1.29, 1.82) is 0 Å². The lowest BCUT2D eigenvalue weighted by atomic mass is 10.2. The molecule has 0 aliphatic heterocycles. The van der Waals surface area contributed by atoms with Gasteiger partial charge in [-0.15, -0.1) is 0 Å². The van der Waals surface area contributed by atoms with Gasteiger partial charge in [0.05, 0.1) is 0 Å². The predicted octanol–water partition coefficient (Wildman–Crippen LogP) is 3.69. The van der Waals surface area contributed by atoms with Crippen LogP contribution in [-0.4, -0.2) is 32.4 Å². The molecule has 2 N–H and O–H groups in total. The number of hydrogen-bond acceptors (Lipinski definition) is 6. The highest BCUT2D eigenvalue weighted by atomic mass is 19.4. The highest BCUT2D eigenvalue weighted by Gasteiger charge is 2.38. The van der Waals surface area contributed by atoms with Gasteiger partial charge >= 0.3 is 12.1 Å². The molecule has 0 unspecified atom stereocenters. The van der Waals surface area contributed by atoms with Crippen molar-refractivity contribution in [2.24, 2.45) is 0 Å². The summed E-state index contributed by atoms with van der Waals surface area (Å²) < 4.78 is 36.9. The van der Waals surface area contributed by atoms with E-state index in [4.69, 9.17) is 14.4 Å². The number of pyridine rings is 1. The minimum Gasteiger partial charge on any atom is -0.475 e. The zero-order valence-electron chi connectivity index (χ0n) is 14.1. The second-order valence-corrected chi connectivity index (χ2v) is 5.24. The van der Waals surface area contributed by atoms with E-state index in [1.165, 1.54) is 5.56 Å². The van der Waals surface area contributed by atoms with E-state index in [2.05, 4.69) is 20.4 Å². The van der Waals surface area contributed by atoms with E-state index in [1.807, 2.05) is 36.4 Å². The molecule has 0 aliphatic carbocycles. The number of aryl methyl sites for hydroxylation is 1. The van der Waals surface area contributed by atoms with Gasteiger partial charge in [0.15, 0.2) is 5.82 Å². The third-order valence-corrected chi connectivity index (χ3v) is 3.15. The number of carboxylic acids is 1. The van der Waals surface area contributed by atoms with Gasteiger partial charge in [-0.2, -0.15) is 18.2 Å². The Morgan fingerprint density at radius 2 is 1.74 bits per heavy atom. The highest BCUT2D eigenvalue weighted by Crippen LogP contribution is 2.20. The van der Waals surface area contributed by atoms with Crippen molar-refractivity contribution in [3.63, 3.8) is 0 Å². The number of aliphatic carboxylic acids is 1. The molecule has 0 atom stereocenters. The Kier molecular flexibility index (Phi) is 6.47. The van der Waals surface area contributed by atoms with Crippen LogP contribution in [0.1, 0.15) is 11.4 Å². The van der Waals surface area contributed by atoms with Crippen LogP contribution in [0.5, 0.6) is 0 Å². The summed E-state index contributed by atoms with van der Waals surface area (Å²) in [6.45, 7) is 2.57. The van der Waals surface area contributed by atoms with Gasteiger partial charge in [0, 0.05) is 30.2 Å². The Balaban J connectivity index is 0.000000321. The Hall–Kier alpha value is -3.43. The Labute approximate surface area is 151 Å². The van der Waals surface area contributed by atoms with Gasteiger partial charge in [0.1, 0.15) is 0 Å². The van der Waals surface area contributed by atoms with Crippen LogP contribution in [0.25, 0.3) is 11.5 Å². The molecule has 27 heavy (non-hydrogen) atoms. The first-order chi connectivity index (χ1) is 12.8. The summed E-state index contributed by atoms with van der Waals surface area (Å²) in [5, 5.41) is 14.3. The van der Waals surface area contributed by atoms with Crippen molar-refractivity contribution in [2.45, 2.75) is 19.6 Å². The minimum absolute atomic E-state index is 0.545. The molecule has 0 fully saturated rings. The molecule has 0 amide bonds. The molecule has 0 spiro atoms. The number of nitrogens with one attached hydrogen (secondary N) is 1. The third kappa shape index (κ3) is 6.42. The van der Waals surface area contributed by atoms with E-state index in [0.717, 1.165) is 17.8 Å². The number of rotatable bonds is 4. The maximum absolute atomic E-state index is 10.6. The first-order valence-electron chi connectivity index (χ1n) is 7.59. The van der Waals surface area contributed by atoms with Gasteiger partial charge in [-0.25, -0.2) is 4.79 Å². The fourth-order valence-electron chi connectivity index (χ4n) is 1.85. The molecular weight excluding hydrogens is 365 g/mol. The average molecular weight is 380 g/mol. The SMILES string of the molecule is Cc1noc(-c2ccc(NCc3ccncc3)cc2)n1.O=C(O)C(F)(F)F. The fraction of sp³-hybridized carbons (Fsp3) is 0.176. The molecule has 3 aromatic rings. The molecule has 10 heteroatoms. The van der Waals surface area contributed by atoms with Crippen molar-refractivity contribution in [3.05, 3.63) is 60.2 Å². The Bertz CT molecular complexity index is 865. The zero-order chi connectivity index (χ0) is 19.9. The molecule has 7 nitrogen and oxygen atoms in total. The highest BCUT2D eigenvalue weighted by molar-refractivity contribution is 5.73. The van der Waals surface area contributed by atoms with Gasteiger partial charge in [-0.3, -0.25) is 4.98 Å². The van der Waals surface area contributed by atoms with E-state index >= 15 is 0 Å². The van der Waals surface area contributed by atoms with Crippen LogP contribution in [0.15, 0.2) is 53.3 Å². The van der Waals surface area contributed by atoms with Gasteiger partial charge in [-0.1, -0.05) is 5.16 Å². The summed E-state index contributed by atoms with van der Waals surface area (Å²) in [4.78, 5) is 17.1. The smallest absolute Gasteiger partial charge is 0.475 e. The Morgan fingerprint density at radius 3 is 2.22 bits per heavy atom. The van der Waals surface area contributed by atoms with Gasteiger partial charge in [-0.05, 0) is 48.9 Å². The maximum atomic E-state index is 10.6. The number of anilines is 1. The molecule has 0 radical (unpaired) electrons. The van der Waals surface area contributed by atoms with Crippen LogP contribution in [0, 0.1) is 6.92 Å². The standard InChI is InChI=1S/C15H14N4O.C2HF3O2/c1-11-18-15(20-19-11)13-2-4-14(5-3-13)17-10-12-6-8-16-9-7-12;3-2(4,5)1(6)7/h2-9,17H,10H2,1H3;(H,6,7). The van der Waals surface area contributed by atoms with E-state index in [-0.39, 0.29) is 0 Å². The van der Waals surface area contributed by atoms with Gasteiger partial charge in [0.2, 0.25) is 0 Å². The predicted molar refractivity (Wildman–Crippen MR) is 89.7 cm³/mol. The number of alkyl halides is 3. The van der Waals surface area contributed by atoms with E-state index in [9.17, 15) is 13.2 Å². The molecule has 0 aliphatic rings. The van der Waals surface area contributed by atoms with E-state index in [1.54, 1.807) is 19.3 Å². The van der Waals surface area contributed by atoms with Crippen molar-refractivity contribution in [1.82, 2.24) is 15.1 Å². The average Bonchev–Trinajstić information content (AvgIpc) is 3.07. The van der Waals surface area contributed by atoms with Crippen LogP contribution in [-0.2, 0) is 11.3 Å². The normalized spacial score (nSPS) is 10.7. The van der Waals surface area contributed by atoms with E-state index in [0.29, 0.717) is 11.7 Å². The molecule has 0 saturated carbocycles. The first-order valence-corrected chi connectivity index (χ1v) is 7.59. The fourth-order valence-corrected chi connectivity index (χ4v) is 1.85. The molecular formula is C17H15F3N4O3. The van der Waals surface area contributed by atoms with Crippen LogP contribution < -0.4 is 5.32 Å². The molecule has 3 rings (SSSR count). The second kappa shape index (κ2) is 8.79. The number of hydrogen-bond donors (Lipinski definition) is 2. The Morgan fingerprint density at radius 1 is 1.15 bits per heavy atom. The monoisotopic (exact) mass is 380 g/mol. The summed E-state index contributed by atoms with van der Waals surface area (Å²) in [5.41, 5.74) is 3.15. The first kappa shape index (κ1) is 19.9. The van der Waals surface area contributed by atoms with Crippen molar-refractivity contribution in [3.8, 4) is 11.5 Å². The summed E-state index contributed by atoms with van der Waals surface area (Å²) in [5.74, 6) is -1.57. The molecule has 0 saturated heterocycles. The van der Waals surface area contributed by atoms with Crippen molar-refractivity contribution < 1.29 is 27.6 Å². The van der Waals surface area contributed by atoms with Crippen molar-refractivity contribution >= 4 is 11.7 Å². The van der Waals surface area contributed by atoms with Gasteiger partial charge < -0.3 is 14.9 Å². The molecule has 0 bridgehead atoms. The maximum Gasteiger partial charge on any atom is 0.490 e. The van der Waals surface area contributed by atoms with Crippen LogP contribution in [0.2, 0.25) is 0 Å². The lowest BCUT2D eigenvalue weighted by molar-refractivity contribution is -0.192. The molecule has 1 aromatic carbocycles. The number of nitrogens with zero attached hydrogens (tertiary/aromatic N) is 3. The number of carboxylic acid groups (broad SMARTS) is 1. The number of carbonyl (C=O) groups is 1. The third-order valence-electron chi connectivity index (χ3n) is 3.15. The summed E-state index contributed by atoms with van der Waals surface area (Å²) in [6, 6.07) is 11.9. The number of aromatic nitrogens is 3. The number of benzene rings is 1. The summed E-state index contributed by atoms with van der Waals surface area (Å²) >= 11 is 0. The second-order valence-electron chi connectivity index (χ2n) is 5.24. The molecule has 2 heterocycles. The lowest BCUT2D eigenvalue weighted by Crippen LogP contribution is -2.21. The quantitative estimate of drug-likeness (QED) is 0.712. The summed E-state index contributed by atoms with van der Waals surface area (Å²) in [7, 11) is 0. The summed E-state index contributed by atoms with van der Waals surface area (Å²) in [6.07, 6.45) is -1.50. The molecule has 2 aromatic heterocycles. The van der Waals surface area contributed by atoms with Crippen LogP contribution in [0.4, 0.5) is 18.9 Å². The van der Waals surface area contributed by atoms with Gasteiger partial charge in [0.25, 0.3) is 5.89 Å². The number of halogens is 3. The topological polar surface area (TPSA) is 101 Å².